The number of anilines is 1. The van der Waals surface area contributed by atoms with Crippen LogP contribution in [0, 0.1) is 5.92 Å². The van der Waals surface area contributed by atoms with E-state index in [4.69, 9.17) is 0 Å². The molecule has 2 amide bonds. The Morgan fingerprint density at radius 3 is 2.62 bits per heavy atom. The Kier molecular flexibility index (Phi) is 6.25. The SMILES string of the molecule is CCc1cccc(NC(=O)[C@@H]2CCCN(C(=O)c3cccc(C(F)(F)F)c3)C2)c1. The average Bonchev–Trinajstić information content (AvgIpc) is 2.73. The Morgan fingerprint density at radius 2 is 1.90 bits per heavy atom. The normalized spacial score (nSPS) is 17.1. The quantitative estimate of drug-likeness (QED) is 0.799. The summed E-state index contributed by atoms with van der Waals surface area (Å²) in [5.74, 6) is -1.06. The second-order valence-corrected chi connectivity index (χ2v) is 7.21. The van der Waals surface area contributed by atoms with Gasteiger partial charge in [0.25, 0.3) is 5.91 Å². The Morgan fingerprint density at radius 1 is 1.14 bits per heavy atom. The maximum Gasteiger partial charge on any atom is 0.416 e. The van der Waals surface area contributed by atoms with Crippen LogP contribution in [0.4, 0.5) is 18.9 Å². The maximum absolute atomic E-state index is 12.9. The number of aryl methyl sites for hydroxylation is 1. The van der Waals surface area contributed by atoms with Crippen LogP contribution in [-0.2, 0) is 17.4 Å². The molecule has 1 aliphatic rings. The van der Waals surface area contributed by atoms with Crippen molar-refractivity contribution in [3.63, 3.8) is 0 Å². The average molecular weight is 404 g/mol. The molecule has 0 aliphatic carbocycles. The van der Waals surface area contributed by atoms with Crippen LogP contribution >= 0.6 is 0 Å². The number of rotatable bonds is 4. The maximum atomic E-state index is 12.9. The van der Waals surface area contributed by atoms with Crippen LogP contribution < -0.4 is 5.32 Å². The first-order valence-corrected chi connectivity index (χ1v) is 9.64. The third-order valence-electron chi connectivity index (χ3n) is 5.12. The molecule has 2 aromatic carbocycles. The van der Waals surface area contributed by atoms with Crippen molar-refractivity contribution in [2.24, 2.45) is 5.92 Å². The Hall–Kier alpha value is -2.83. The molecule has 1 aliphatic heterocycles. The predicted octanol–water partition coefficient (Wildman–Crippen LogP) is 4.76. The van der Waals surface area contributed by atoms with E-state index < -0.39 is 23.6 Å². The van der Waals surface area contributed by atoms with Crippen molar-refractivity contribution < 1.29 is 22.8 Å². The molecule has 1 atom stereocenters. The zero-order valence-electron chi connectivity index (χ0n) is 16.1. The number of alkyl halides is 3. The van der Waals surface area contributed by atoms with Gasteiger partial charge in [0.05, 0.1) is 11.5 Å². The van der Waals surface area contributed by atoms with Gasteiger partial charge in [0.15, 0.2) is 0 Å². The van der Waals surface area contributed by atoms with E-state index in [0.29, 0.717) is 25.1 Å². The lowest BCUT2D eigenvalue weighted by molar-refractivity contribution is -0.137. The molecule has 1 N–H and O–H groups in total. The number of nitrogens with zero attached hydrogens (tertiary/aromatic N) is 1. The van der Waals surface area contributed by atoms with Crippen LogP contribution in [0.25, 0.3) is 0 Å². The summed E-state index contributed by atoms with van der Waals surface area (Å²) in [4.78, 5) is 26.8. The van der Waals surface area contributed by atoms with Crippen molar-refractivity contribution >= 4 is 17.5 Å². The van der Waals surface area contributed by atoms with Gasteiger partial charge in [-0.05, 0) is 55.2 Å². The minimum absolute atomic E-state index is 0.0171. The highest BCUT2D eigenvalue weighted by Crippen LogP contribution is 2.30. The van der Waals surface area contributed by atoms with E-state index in [1.54, 1.807) is 0 Å². The molecule has 3 rings (SSSR count). The highest BCUT2D eigenvalue weighted by atomic mass is 19.4. The Bertz CT molecular complexity index is 896. The molecule has 29 heavy (non-hydrogen) atoms. The lowest BCUT2D eigenvalue weighted by Gasteiger charge is -2.32. The summed E-state index contributed by atoms with van der Waals surface area (Å²) in [6.45, 7) is 2.64. The second-order valence-electron chi connectivity index (χ2n) is 7.21. The minimum atomic E-state index is -4.51. The molecule has 1 saturated heterocycles. The van der Waals surface area contributed by atoms with Crippen molar-refractivity contribution in [2.75, 3.05) is 18.4 Å². The molecule has 0 saturated carbocycles. The smallest absolute Gasteiger partial charge is 0.338 e. The first kappa shape index (κ1) is 20.9. The zero-order valence-corrected chi connectivity index (χ0v) is 16.1. The summed E-state index contributed by atoms with van der Waals surface area (Å²) in [6, 6.07) is 12.0. The number of piperidine rings is 1. The number of carbonyl (C=O) groups excluding carboxylic acids is 2. The van der Waals surface area contributed by atoms with E-state index >= 15 is 0 Å². The van der Waals surface area contributed by atoms with Gasteiger partial charge >= 0.3 is 6.18 Å². The van der Waals surface area contributed by atoms with Crippen molar-refractivity contribution in [1.29, 1.82) is 0 Å². The second kappa shape index (κ2) is 8.68. The molecule has 0 spiro atoms. The first-order chi connectivity index (χ1) is 13.8. The summed E-state index contributed by atoms with van der Waals surface area (Å²) >= 11 is 0. The van der Waals surface area contributed by atoms with Crippen molar-refractivity contribution in [3.05, 3.63) is 65.2 Å². The van der Waals surface area contributed by atoms with Gasteiger partial charge in [-0.2, -0.15) is 13.2 Å². The Balaban J connectivity index is 1.68. The number of amides is 2. The van der Waals surface area contributed by atoms with Crippen molar-refractivity contribution in [2.45, 2.75) is 32.4 Å². The van der Waals surface area contributed by atoms with Crippen molar-refractivity contribution in [1.82, 2.24) is 4.90 Å². The van der Waals surface area contributed by atoms with Gasteiger partial charge in [-0.3, -0.25) is 9.59 Å². The molecule has 0 aromatic heterocycles. The fourth-order valence-corrected chi connectivity index (χ4v) is 3.50. The number of hydrogen-bond donors (Lipinski definition) is 1. The topological polar surface area (TPSA) is 49.4 Å². The summed E-state index contributed by atoms with van der Waals surface area (Å²) in [5, 5.41) is 2.89. The number of carbonyl (C=O) groups is 2. The van der Waals surface area contributed by atoms with Crippen LogP contribution in [0.1, 0.15) is 41.3 Å². The molecule has 2 aromatic rings. The van der Waals surface area contributed by atoms with Crippen LogP contribution in [0.2, 0.25) is 0 Å². The van der Waals surface area contributed by atoms with Gasteiger partial charge in [0.2, 0.25) is 5.91 Å². The molecule has 1 heterocycles. The van der Waals surface area contributed by atoms with Crippen LogP contribution in [-0.4, -0.2) is 29.8 Å². The molecule has 7 heteroatoms. The molecule has 154 valence electrons. The van der Waals surface area contributed by atoms with Gasteiger partial charge in [-0.15, -0.1) is 0 Å². The third-order valence-corrected chi connectivity index (χ3v) is 5.12. The lowest BCUT2D eigenvalue weighted by atomic mass is 9.96. The summed E-state index contributed by atoms with van der Waals surface area (Å²) in [7, 11) is 0. The predicted molar refractivity (Wildman–Crippen MR) is 105 cm³/mol. The standard InChI is InChI=1S/C22H23F3N2O2/c1-2-15-6-3-10-19(12-15)26-20(28)17-8-5-11-27(14-17)21(29)16-7-4-9-18(13-16)22(23,24)25/h3-4,6-7,9-10,12-13,17H,2,5,8,11,14H2,1H3,(H,26,28)/t17-/m1/s1. The zero-order chi connectivity index (χ0) is 21.0. The molecule has 0 radical (unpaired) electrons. The summed E-state index contributed by atoms with van der Waals surface area (Å²) in [6.07, 6.45) is -2.40. The van der Waals surface area contributed by atoms with Crippen LogP contribution in [0.3, 0.4) is 0 Å². The molecule has 0 unspecified atom stereocenters. The molecular weight excluding hydrogens is 381 g/mol. The number of nitrogens with one attached hydrogen (secondary N) is 1. The molecule has 4 nitrogen and oxygen atoms in total. The van der Waals surface area contributed by atoms with Crippen LogP contribution in [0.5, 0.6) is 0 Å². The molecule has 1 fully saturated rings. The number of likely N-dealkylation sites (tertiary alicyclic amines) is 1. The first-order valence-electron chi connectivity index (χ1n) is 9.64. The lowest BCUT2D eigenvalue weighted by Crippen LogP contribution is -2.43. The van der Waals surface area contributed by atoms with Gasteiger partial charge in [-0.25, -0.2) is 0 Å². The number of halogens is 3. The van der Waals surface area contributed by atoms with Crippen molar-refractivity contribution in [3.8, 4) is 0 Å². The van der Waals surface area contributed by atoms with E-state index in [2.05, 4.69) is 5.32 Å². The van der Waals surface area contributed by atoms with Gasteiger partial charge in [0, 0.05) is 24.3 Å². The van der Waals surface area contributed by atoms with Gasteiger partial charge in [0.1, 0.15) is 0 Å². The van der Waals surface area contributed by atoms with E-state index in [0.717, 1.165) is 24.1 Å². The van der Waals surface area contributed by atoms with E-state index in [-0.39, 0.29) is 18.0 Å². The van der Waals surface area contributed by atoms with Gasteiger partial charge < -0.3 is 10.2 Å². The molecule has 0 bridgehead atoms. The fraction of sp³-hybridized carbons (Fsp3) is 0.364. The van der Waals surface area contributed by atoms with E-state index in [1.807, 2.05) is 31.2 Å². The van der Waals surface area contributed by atoms with Crippen LogP contribution in [0.15, 0.2) is 48.5 Å². The fourth-order valence-electron chi connectivity index (χ4n) is 3.50. The Labute approximate surface area is 167 Å². The monoisotopic (exact) mass is 404 g/mol. The summed E-state index contributed by atoms with van der Waals surface area (Å²) in [5.41, 5.74) is 0.936. The molecular formula is C22H23F3N2O2. The van der Waals surface area contributed by atoms with Gasteiger partial charge in [-0.1, -0.05) is 25.1 Å². The summed E-state index contributed by atoms with van der Waals surface area (Å²) < 4.78 is 38.8. The third kappa shape index (κ3) is 5.16. The number of benzene rings is 2. The highest BCUT2D eigenvalue weighted by molar-refractivity contribution is 5.96. The highest BCUT2D eigenvalue weighted by Gasteiger charge is 2.33. The minimum Gasteiger partial charge on any atom is -0.338 e. The van der Waals surface area contributed by atoms with E-state index in [9.17, 15) is 22.8 Å². The van der Waals surface area contributed by atoms with E-state index in [1.165, 1.54) is 17.0 Å². The largest absolute Gasteiger partial charge is 0.416 e. The number of hydrogen-bond acceptors (Lipinski definition) is 2.